The van der Waals surface area contributed by atoms with E-state index in [2.05, 4.69) is 10.3 Å². The predicted molar refractivity (Wildman–Crippen MR) is 78.7 cm³/mol. The lowest BCUT2D eigenvalue weighted by molar-refractivity contribution is -0.144. The van der Waals surface area contributed by atoms with Crippen LogP contribution in [0.3, 0.4) is 0 Å². The van der Waals surface area contributed by atoms with E-state index in [-0.39, 0.29) is 12.0 Å². The van der Waals surface area contributed by atoms with Crippen LogP contribution < -0.4 is 10.1 Å². The van der Waals surface area contributed by atoms with E-state index in [4.69, 9.17) is 9.47 Å². The summed E-state index contributed by atoms with van der Waals surface area (Å²) in [6.45, 7) is 1.77. The molecule has 0 bridgehead atoms. The van der Waals surface area contributed by atoms with Gasteiger partial charge < -0.3 is 14.8 Å². The van der Waals surface area contributed by atoms with Crippen molar-refractivity contribution in [2.75, 3.05) is 7.11 Å². The molecule has 110 valence electrons. The topological polar surface area (TPSA) is 77.0 Å². The molecule has 1 aromatic carbocycles. The van der Waals surface area contributed by atoms with Crippen LogP contribution in [0.4, 0.5) is 5.69 Å². The van der Waals surface area contributed by atoms with Crippen LogP contribution in [0.25, 0.3) is 0 Å². The molecule has 2 atom stereocenters. The highest BCUT2D eigenvalue weighted by atomic mass is 32.2. The van der Waals surface area contributed by atoms with Gasteiger partial charge in [0.05, 0.1) is 7.11 Å². The van der Waals surface area contributed by atoms with E-state index < -0.39 is 10.7 Å². The van der Waals surface area contributed by atoms with Gasteiger partial charge >= 0.3 is 5.97 Å². The number of nitrogens with zero attached hydrogens (tertiary/aromatic N) is 1. The second kappa shape index (κ2) is 5.07. The molecule has 0 unspecified atom stereocenters. The van der Waals surface area contributed by atoms with Crippen LogP contribution in [0, 0.1) is 0 Å². The lowest BCUT2D eigenvalue weighted by Crippen LogP contribution is -2.40. The molecule has 3 rings (SSSR count). The van der Waals surface area contributed by atoms with Crippen LogP contribution in [0.1, 0.15) is 13.3 Å². The average Bonchev–Trinajstić information content (AvgIpc) is 2.91. The Bertz CT molecular complexity index is 646. The Morgan fingerprint density at radius 2 is 2.19 bits per heavy atom. The normalized spacial score (nSPS) is 29.8. The van der Waals surface area contributed by atoms with Gasteiger partial charge in [0.2, 0.25) is 4.75 Å². The number of hydrogen-bond donors (Lipinski definition) is 1. The van der Waals surface area contributed by atoms with Crippen molar-refractivity contribution in [1.29, 1.82) is 0 Å². The second-order valence-electron chi connectivity index (χ2n) is 4.89. The van der Waals surface area contributed by atoms with Gasteiger partial charge in [-0.25, -0.2) is 9.79 Å². The minimum atomic E-state index is -1.19. The van der Waals surface area contributed by atoms with Gasteiger partial charge in [0.15, 0.2) is 5.17 Å². The molecular formula is C14H14N2O4S. The maximum Gasteiger partial charge on any atom is 0.332 e. The van der Waals surface area contributed by atoms with Crippen molar-refractivity contribution in [3.63, 3.8) is 0 Å². The van der Waals surface area contributed by atoms with E-state index in [0.717, 1.165) is 11.8 Å². The smallest absolute Gasteiger partial charge is 0.332 e. The molecule has 6 nitrogen and oxygen atoms in total. The van der Waals surface area contributed by atoms with Gasteiger partial charge in [0.1, 0.15) is 17.5 Å². The fraction of sp³-hybridized carbons (Fsp3) is 0.357. The molecule has 2 fully saturated rings. The van der Waals surface area contributed by atoms with Gasteiger partial charge in [-0.15, -0.1) is 0 Å². The Balaban J connectivity index is 1.91. The molecule has 2 saturated heterocycles. The summed E-state index contributed by atoms with van der Waals surface area (Å²) >= 11 is 1.11. The minimum Gasteiger partial charge on any atom is -0.494 e. The van der Waals surface area contributed by atoms with Crippen LogP contribution in [-0.4, -0.2) is 35.0 Å². The number of para-hydroxylation sites is 2. The first-order valence-electron chi connectivity index (χ1n) is 6.48. The third-order valence-corrected chi connectivity index (χ3v) is 4.63. The van der Waals surface area contributed by atoms with Crippen molar-refractivity contribution < 1.29 is 19.1 Å². The Morgan fingerprint density at radius 1 is 1.43 bits per heavy atom. The van der Waals surface area contributed by atoms with Gasteiger partial charge in [-0.05, 0) is 19.1 Å². The fourth-order valence-electron chi connectivity index (χ4n) is 2.39. The van der Waals surface area contributed by atoms with Crippen molar-refractivity contribution in [3.8, 4) is 5.75 Å². The number of nitrogens with one attached hydrogen (secondary N) is 1. The lowest BCUT2D eigenvalue weighted by atomic mass is 10.0. The van der Waals surface area contributed by atoms with Crippen molar-refractivity contribution >= 4 is 34.5 Å². The summed E-state index contributed by atoms with van der Waals surface area (Å²) in [6, 6.07) is 7.22. The van der Waals surface area contributed by atoms with Crippen LogP contribution in [0.2, 0.25) is 0 Å². The molecule has 1 N–H and O–H groups in total. The van der Waals surface area contributed by atoms with Gasteiger partial charge in [0, 0.05) is 6.42 Å². The van der Waals surface area contributed by atoms with E-state index in [0.29, 0.717) is 23.0 Å². The maximum atomic E-state index is 12.2. The lowest BCUT2D eigenvalue weighted by Gasteiger charge is -2.10. The summed E-state index contributed by atoms with van der Waals surface area (Å²) in [7, 11) is 1.55. The van der Waals surface area contributed by atoms with Crippen molar-refractivity contribution in [2.45, 2.75) is 24.2 Å². The molecular weight excluding hydrogens is 292 g/mol. The number of amidine groups is 1. The molecule has 1 amide bonds. The number of carbonyl (C=O) groups is 2. The number of methoxy groups -OCH3 is 1. The zero-order chi connectivity index (χ0) is 15.0. The first kappa shape index (κ1) is 13.9. The standard InChI is InChI=1S/C14H14N2O4S/c1-8-7-14(12(18)20-8)11(17)16-13(21-14)15-9-5-3-4-6-10(9)19-2/h3-6,8H,7H2,1-2H3,(H,15,16,17)/t8-,14-/m1/s1. The summed E-state index contributed by atoms with van der Waals surface area (Å²) < 4.78 is 9.14. The Morgan fingerprint density at radius 3 is 2.86 bits per heavy atom. The molecule has 0 saturated carbocycles. The molecule has 2 aliphatic rings. The SMILES string of the molecule is COc1ccccc1N=C1NC(=O)[C@@]2(C[C@@H](C)OC2=O)S1. The molecule has 21 heavy (non-hydrogen) atoms. The Hall–Kier alpha value is -2.02. The largest absolute Gasteiger partial charge is 0.494 e. The molecule has 0 aromatic heterocycles. The van der Waals surface area contributed by atoms with Crippen LogP contribution in [0.5, 0.6) is 5.75 Å². The number of esters is 1. The monoisotopic (exact) mass is 306 g/mol. The number of amides is 1. The number of cyclic esters (lactones) is 1. The number of thioether (sulfide) groups is 1. The fourth-order valence-corrected chi connectivity index (χ4v) is 3.60. The molecule has 1 spiro atoms. The first-order valence-corrected chi connectivity index (χ1v) is 7.30. The van der Waals surface area contributed by atoms with Gasteiger partial charge in [-0.2, -0.15) is 0 Å². The van der Waals surface area contributed by atoms with Gasteiger partial charge in [0.25, 0.3) is 5.91 Å². The highest BCUT2D eigenvalue weighted by Gasteiger charge is 2.59. The molecule has 2 aliphatic heterocycles. The number of hydrogen-bond acceptors (Lipinski definition) is 6. The summed E-state index contributed by atoms with van der Waals surface area (Å²) in [5, 5.41) is 3.04. The minimum absolute atomic E-state index is 0.263. The number of carbonyl (C=O) groups excluding carboxylic acids is 2. The molecule has 0 aliphatic carbocycles. The summed E-state index contributed by atoms with van der Waals surface area (Å²) in [5.41, 5.74) is 0.597. The highest BCUT2D eigenvalue weighted by molar-refractivity contribution is 8.17. The van der Waals surface area contributed by atoms with E-state index in [1.165, 1.54) is 0 Å². The van der Waals surface area contributed by atoms with Crippen molar-refractivity contribution in [2.24, 2.45) is 4.99 Å². The van der Waals surface area contributed by atoms with Crippen LogP contribution >= 0.6 is 11.8 Å². The second-order valence-corrected chi connectivity index (χ2v) is 6.18. The van der Waals surface area contributed by atoms with E-state index >= 15 is 0 Å². The van der Waals surface area contributed by atoms with E-state index in [9.17, 15) is 9.59 Å². The third-order valence-electron chi connectivity index (χ3n) is 3.38. The van der Waals surface area contributed by atoms with E-state index in [1.54, 1.807) is 26.2 Å². The maximum absolute atomic E-state index is 12.2. The van der Waals surface area contributed by atoms with Crippen molar-refractivity contribution in [1.82, 2.24) is 5.32 Å². The molecule has 0 radical (unpaired) electrons. The van der Waals surface area contributed by atoms with Gasteiger partial charge in [-0.3, -0.25) is 4.79 Å². The van der Waals surface area contributed by atoms with Crippen molar-refractivity contribution in [3.05, 3.63) is 24.3 Å². The Labute approximate surface area is 125 Å². The number of rotatable bonds is 2. The van der Waals surface area contributed by atoms with E-state index in [1.807, 2.05) is 12.1 Å². The Kier molecular flexibility index (Phi) is 3.36. The zero-order valence-corrected chi connectivity index (χ0v) is 12.4. The molecule has 1 aromatic rings. The molecule has 2 heterocycles. The quantitative estimate of drug-likeness (QED) is 0.663. The number of ether oxygens (including phenoxy) is 2. The summed E-state index contributed by atoms with van der Waals surface area (Å²) in [4.78, 5) is 28.5. The summed E-state index contributed by atoms with van der Waals surface area (Å²) in [5.74, 6) is -0.263. The summed E-state index contributed by atoms with van der Waals surface area (Å²) in [6.07, 6.45) is 0.0918. The average molecular weight is 306 g/mol. The third kappa shape index (κ3) is 2.27. The number of benzene rings is 1. The zero-order valence-electron chi connectivity index (χ0n) is 11.6. The predicted octanol–water partition coefficient (Wildman–Crippen LogP) is 1.62. The number of aliphatic imine (C=N–C) groups is 1. The highest BCUT2D eigenvalue weighted by Crippen LogP contribution is 2.43. The van der Waals surface area contributed by atoms with Gasteiger partial charge in [-0.1, -0.05) is 23.9 Å². The molecule has 7 heteroatoms. The van der Waals surface area contributed by atoms with Crippen LogP contribution in [0.15, 0.2) is 29.3 Å². The van der Waals surface area contributed by atoms with Crippen LogP contribution in [-0.2, 0) is 14.3 Å². The first-order chi connectivity index (χ1) is 10.0.